The lowest BCUT2D eigenvalue weighted by Gasteiger charge is -2.23. The molecule has 3 nitrogen and oxygen atoms in total. The van der Waals surface area contributed by atoms with Crippen molar-refractivity contribution in [3.8, 4) is 0 Å². The highest BCUT2D eigenvalue weighted by molar-refractivity contribution is 5.87. The molecule has 1 unspecified atom stereocenters. The lowest BCUT2D eigenvalue weighted by molar-refractivity contribution is -0.125. The second-order valence-electron chi connectivity index (χ2n) is 4.17. The van der Waals surface area contributed by atoms with Crippen molar-refractivity contribution in [2.45, 2.75) is 25.3 Å². The van der Waals surface area contributed by atoms with E-state index in [1.165, 1.54) is 32.0 Å². The van der Waals surface area contributed by atoms with Gasteiger partial charge in [0, 0.05) is 19.1 Å². The summed E-state index contributed by atoms with van der Waals surface area (Å²) < 4.78 is 0. The fourth-order valence-corrected chi connectivity index (χ4v) is 2.48. The second-order valence-corrected chi connectivity index (χ2v) is 4.17. The summed E-state index contributed by atoms with van der Waals surface area (Å²) in [7, 11) is 0. The van der Waals surface area contributed by atoms with Crippen LogP contribution >= 0.6 is 0 Å². The zero-order valence-electron chi connectivity index (χ0n) is 8.61. The van der Waals surface area contributed by atoms with Gasteiger partial charge in [0.05, 0.1) is 0 Å². The Morgan fingerprint density at radius 2 is 2.00 bits per heavy atom. The largest absolute Gasteiger partial charge is 0.338 e. The van der Waals surface area contributed by atoms with E-state index >= 15 is 0 Å². The van der Waals surface area contributed by atoms with Crippen LogP contribution in [0.1, 0.15) is 19.3 Å². The van der Waals surface area contributed by atoms with Crippen molar-refractivity contribution >= 4 is 5.91 Å². The molecular weight excluding hydrogens is 176 g/mol. The van der Waals surface area contributed by atoms with Crippen molar-refractivity contribution < 1.29 is 4.79 Å². The van der Waals surface area contributed by atoms with Crippen molar-refractivity contribution in [2.75, 3.05) is 26.2 Å². The minimum Gasteiger partial charge on any atom is -0.338 e. The van der Waals surface area contributed by atoms with Crippen LogP contribution in [0.15, 0.2) is 12.7 Å². The van der Waals surface area contributed by atoms with Gasteiger partial charge in [-0.3, -0.25) is 9.69 Å². The number of hydrogen-bond donors (Lipinski definition) is 0. The number of carbonyl (C=O) groups is 1. The Balaban J connectivity index is 1.87. The first-order valence-corrected chi connectivity index (χ1v) is 5.46. The first-order chi connectivity index (χ1) is 6.81. The zero-order chi connectivity index (χ0) is 9.97. The van der Waals surface area contributed by atoms with Gasteiger partial charge in [0.1, 0.15) is 0 Å². The molecule has 0 aromatic carbocycles. The normalized spacial score (nSPS) is 28.3. The second kappa shape index (κ2) is 4.13. The predicted molar refractivity (Wildman–Crippen MR) is 56.0 cm³/mol. The van der Waals surface area contributed by atoms with Crippen molar-refractivity contribution in [1.29, 1.82) is 0 Å². The minimum atomic E-state index is 0.0895. The molecule has 0 aliphatic carbocycles. The highest BCUT2D eigenvalue weighted by Crippen LogP contribution is 2.20. The summed E-state index contributed by atoms with van der Waals surface area (Å²) in [4.78, 5) is 15.8. The lowest BCUT2D eigenvalue weighted by Crippen LogP contribution is -2.36. The van der Waals surface area contributed by atoms with E-state index in [2.05, 4.69) is 11.5 Å². The number of rotatable bonds is 2. The number of hydrogen-bond acceptors (Lipinski definition) is 2. The Labute approximate surface area is 85.4 Å². The van der Waals surface area contributed by atoms with Crippen LogP contribution in [0.5, 0.6) is 0 Å². The summed E-state index contributed by atoms with van der Waals surface area (Å²) in [5.74, 6) is 0.0895. The average molecular weight is 194 g/mol. The van der Waals surface area contributed by atoms with Crippen LogP contribution < -0.4 is 0 Å². The smallest absolute Gasteiger partial charge is 0.246 e. The fourth-order valence-electron chi connectivity index (χ4n) is 2.48. The fraction of sp³-hybridized carbons (Fsp3) is 0.727. The van der Waals surface area contributed by atoms with Crippen LogP contribution in [0.25, 0.3) is 0 Å². The van der Waals surface area contributed by atoms with Crippen molar-refractivity contribution in [3.05, 3.63) is 12.7 Å². The summed E-state index contributed by atoms with van der Waals surface area (Å²) in [6, 6.07) is 0.612. The molecule has 1 amide bonds. The Morgan fingerprint density at radius 1 is 1.29 bits per heavy atom. The quantitative estimate of drug-likeness (QED) is 0.609. The molecule has 2 fully saturated rings. The van der Waals surface area contributed by atoms with Crippen LogP contribution in [0.4, 0.5) is 0 Å². The molecular formula is C11H18N2O. The molecule has 0 aromatic heterocycles. The van der Waals surface area contributed by atoms with E-state index in [0.717, 1.165) is 19.5 Å². The molecule has 0 bridgehead atoms. The highest BCUT2D eigenvalue weighted by atomic mass is 16.2. The monoisotopic (exact) mass is 194 g/mol. The van der Waals surface area contributed by atoms with E-state index in [-0.39, 0.29) is 5.91 Å². The Kier molecular flexibility index (Phi) is 2.87. The number of carbonyl (C=O) groups excluding carboxylic acids is 1. The summed E-state index contributed by atoms with van der Waals surface area (Å²) in [5, 5.41) is 0. The molecule has 0 radical (unpaired) electrons. The summed E-state index contributed by atoms with van der Waals surface area (Å²) in [6.45, 7) is 7.79. The van der Waals surface area contributed by atoms with E-state index < -0.39 is 0 Å². The molecule has 3 heteroatoms. The SMILES string of the molecule is C=CC(=O)N1CCC(N2CCCC2)C1. The first-order valence-electron chi connectivity index (χ1n) is 5.46. The van der Waals surface area contributed by atoms with Crippen LogP contribution in [0, 0.1) is 0 Å². The molecule has 0 saturated carbocycles. The van der Waals surface area contributed by atoms with Crippen LogP contribution in [-0.2, 0) is 4.79 Å². The summed E-state index contributed by atoms with van der Waals surface area (Å²) in [5.41, 5.74) is 0. The Hall–Kier alpha value is -0.830. The maximum atomic E-state index is 11.4. The maximum Gasteiger partial charge on any atom is 0.246 e. The topological polar surface area (TPSA) is 23.6 Å². The van der Waals surface area contributed by atoms with E-state index in [1.54, 1.807) is 0 Å². The molecule has 2 heterocycles. The zero-order valence-corrected chi connectivity index (χ0v) is 8.61. The third-order valence-corrected chi connectivity index (χ3v) is 3.31. The molecule has 1 atom stereocenters. The van der Waals surface area contributed by atoms with Gasteiger partial charge < -0.3 is 4.90 Å². The van der Waals surface area contributed by atoms with E-state index in [1.807, 2.05) is 4.90 Å². The van der Waals surface area contributed by atoms with Gasteiger partial charge in [-0.1, -0.05) is 6.58 Å². The average Bonchev–Trinajstić information content (AvgIpc) is 2.86. The molecule has 2 aliphatic rings. The Morgan fingerprint density at radius 3 is 2.64 bits per heavy atom. The maximum absolute atomic E-state index is 11.4. The van der Waals surface area contributed by atoms with Gasteiger partial charge in [-0.15, -0.1) is 0 Å². The van der Waals surface area contributed by atoms with Gasteiger partial charge in [-0.2, -0.15) is 0 Å². The van der Waals surface area contributed by atoms with E-state index in [4.69, 9.17) is 0 Å². The summed E-state index contributed by atoms with van der Waals surface area (Å²) >= 11 is 0. The molecule has 14 heavy (non-hydrogen) atoms. The van der Waals surface area contributed by atoms with Gasteiger partial charge in [0.15, 0.2) is 0 Å². The van der Waals surface area contributed by atoms with Gasteiger partial charge in [0.25, 0.3) is 0 Å². The van der Waals surface area contributed by atoms with Gasteiger partial charge >= 0.3 is 0 Å². The number of nitrogens with zero attached hydrogens (tertiary/aromatic N) is 2. The van der Waals surface area contributed by atoms with Gasteiger partial charge in [-0.25, -0.2) is 0 Å². The van der Waals surface area contributed by atoms with Gasteiger partial charge in [-0.05, 0) is 38.4 Å². The van der Waals surface area contributed by atoms with Crippen LogP contribution in [0.2, 0.25) is 0 Å². The first kappa shape index (κ1) is 9.71. The van der Waals surface area contributed by atoms with Crippen LogP contribution in [-0.4, -0.2) is 47.9 Å². The number of amides is 1. The lowest BCUT2D eigenvalue weighted by atomic mass is 10.2. The molecule has 0 spiro atoms. The molecule has 2 saturated heterocycles. The molecule has 78 valence electrons. The third-order valence-electron chi connectivity index (χ3n) is 3.31. The van der Waals surface area contributed by atoms with Gasteiger partial charge in [0.2, 0.25) is 5.91 Å². The molecule has 0 N–H and O–H groups in total. The molecule has 2 rings (SSSR count). The predicted octanol–water partition coefficient (Wildman–Crippen LogP) is 0.869. The molecule has 2 aliphatic heterocycles. The van der Waals surface area contributed by atoms with E-state index in [9.17, 15) is 4.79 Å². The number of likely N-dealkylation sites (tertiary alicyclic amines) is 2. The molecule has 0 aromatic rings. The third kappa shape index (κ3) is 1.82. The van der Waals surface area contributed by atoms with E-state index in [0.29, 0.717) is 6.04 Å². The van der Waals surface area contributed by atoms with Crippen molar-refractivity contribution in [1.82, 2.24) is 9.80 Å². The summed E-state index contributed by atoms with van der Waals surface area (Å²) in [6.07, 6.45) is 5.21. The van der Waals surface area contributed by atoms with Crippen molar-refractivity contribution in [2.24, 2.45) is 0 Å². The highest BCUT2D eigenvalue weighted by Gasteiger charge is 2.30. The Bertz CT molecular complexity index is 233. The van der Waals surface area contributed by atoms with Crippen molar-refractivity contribution in [3.63, 3.8) is 0 Å². The van der Waals surface area contributed by atoms with Crippen LogP contribution in [0.3, 0.4) is 0 Å². The minimum absolute atomic E-state index is 0.0895. The standard InChI is InChI=1S/C11H18N2O/c1-2-11(14)13-8-5-10(9-13)12-6-3-4-7-12/h2,10H,1,3-9H2.